The Bertz CT molecular complexity index is 244. The summed E-state index contributed by atoms with van der Waals surface area (Å²) in [6.07, 6.45) is 11.6. The lowest BCUT2D eigenvalue weighted by Crippen LogP contribution is -2.11. The van der Waals surface area contributed by atoms with Gasteiger partial charge in [-0.2, -0.15) is 0 Å². The number of allylic oxidation sites excluding steroid dienone is 3. The number of likely N-dealkylation sites (N-methyl/N-ethyl adjacent to an activating group) is 1. The highest BCUT2D eigenvalue weighted by atomic mass is 15.1. The third-order valence-electron chi connectivity index (χ3n) is 2.94. The molecule has 1 heteroatoms. The Morgan fingerprint density at radius 2 is 2.15 bits per heavy atom. The largest absolute Gasteiger partial charge is 0.378 e. The standard InChI is InChI=1S/C12H19N/c1-13(2)12-5-3-4-11(9-12)8-10-6-7-10/h5,9-10H,3-4,6-8H2,1-2H3. The van der Waals surface area contributed by atoms with Crippen LogP contribution in [0, 0.1) is 5.92 Å². The molecule has 0 unspecified atom stereocenters. The molecule has 0 aromatic rings. The molecule has 0 saturated heterocycles. The summed E-state index contributed by atoms with van der Waals surface area (Å²) >= 11 is 0. The van der Waals surface area contributed by atoms with Gasteiger partial charge in [0.2, 0.25) is 0 Å². The zero-order chi connectivity index (χ0) is 9.26. The molecule has 0 N–H and O–H groups in total. The van der Waals surface area contributed by atoms with Crippen LogP contribution in [0.5, 0.6) is 0 Å². The molecule has 2 aliphatic rings. The Morgan fingerprint density at radius 1 is 1.38 bits per heavy atom. The average molecular weight is 177 g/mol. The van der Waals surface area contributed by atoms with Gasteiger partial charge < -0.3 is 4.90 Å². The van der Waals surface area contributed by atoms with E-state index in [4.69, 9.17) is 0 Å². The van der Waals surface area contributed by atoms with Crippen molar-refractivity contribution in [3.63, 3.8) is 0 Å². The molecule has 0 aromatic heterocycles. The SMILES string of the molecule is CN(C)C1=CCCC(CC2CC2)=C1. The highest BCUT2D eigenvalue weighted by molar-refractivity contribution is 5.27. The van der Waals surface area contributed by atoms with Crippen molar-refractivity contribution in [3.05, 3.63) is 23.4 Å². The van der Waals surface area contributed by atoms with Gasteiger partial charge in [0.25, 0.3) is 0 Å². The third-order valence-corrected chi connectivity index (χ3v) is 2.94. The van der Waals surface area contributed by atoms with E-state index in [2.05, 4.69) is 31.1 Å². The van der Waals surface area contributed by atoms with Gasteiger partial charge in [0.15, 0.2) is 0 Å². The Labute approximate surface area is 81.1 Å². The fourth-order valence-electron chi connectivity index (χ4n) is 1.91. The van der Waals surface area contributed by atoms with Crippen molar-refractivity contribution in [2.24, 2.45) is 5.92 Å². The van der Waals surface area contributed by atoms with Crippen LogP contribution in [0.4, 0.5) is 0 Å². The van der Waals surface area contributed by atoms with E-state index in [-0.39, 0.29) is 0 Å². The molecule has 0 radical (unpaired) electrons. The van der Waals surface area contributed by atoms with Crippen LogP contribution in [0.25, 0.3) is 0 Å². The minimum Gasteiger partial charge on any atom is -0.378 e. The van der Waals surface area contributed by atoms with E-state index in [1.807, 2.05) is 0 Å². The number of nitrogens with zero attached hydrogens (tertiary/aromatic N) is 1. The van der Waals surface area contributed by atoms with E-state index in [0.717, 1.165) is 5.92 Å². The summed E-state index contributed by atoms with van der Waals surface area (Å²) < 4.78 is 0. The van der Waals surface area contributed by atoms with E-state index in [0.29, 0.717) is 0 Å². The van der Waals surface area contributed by atoms with Crippen molar-refractivity contribution in [3.8, 4) is 0 Å². The summed E-state index contributed by atoms with van der Waals surface area (Å²) in [5, 5.41) is 0. The Morgan fingerprint density at radius 3 is 2.77 bits per heavy atom. The van der Waals surface area contributed by atoms with Crippen molar-refractivity contribution in [2.75, 3.05) is 14.1 Å². The van der Waals surface area contributed by atoms with Crippen molar-refractivity contribution >= 4 is 0 Å². The van der Waals surface area contributed by atoms with Crippen LogP contribution in [0.15, 0.2) is 23.4 Å². The molecule has 13 heavy (non-hydrogen) atoms. The highest BCUT2D eigenvalue weighted by Gasteiger charge is 2.23. The highest BCUT2D eigenvalue weighted by Crippen LogP contribution is 2.37. The molecule has 1 nitrogen and oxygen atoms in total. The monoisotopic (exact) mass is 177 g/mol. The zero-order valence-electron chi connectivity index (χ0n) is 8.71. The smallest absolute Gasteiger partial charge is 0.0320 e. The predicted molar refractivity (Wildman–Crippen MR) is 56.4 cm³/mol. The predicted octanol–water partition coefficient (Wildman–Crippen LogP) is 2.95. The second-order valence-corrected chi connectivity index (χ2v) is 4.51. The first-order valence-electron chi connectivity index (χ1n) is 5.32. The van der Waals surface area contributed by atoms with E-state index in [1.165, 1.54) is 37.8 Å². The topological polar surface area (TPSA) is 3.24 Å². The van der Waals surface area contributed by atoms with Gasteiger partial charge in [0, 0.05) is 19.8 Å². The molecule has 2 rings (SSSR count). The van der Waals surface area contributed by atoms with E-state index < -0.39 is 0 Å². The number of hydrogen-bond acceptors (Lipinski definition) is 1. The van der Waals surface area contributed by atoms with Crippen molar-refractivity contribution < 1.29 is 0 Å². The maximum absolute atomic E-state index is 2.39. The van der Waals surface area contributed by atoms with Gasteiger partial charge in [0.05, 0.1) is 0 Å². The van der Waals surface area contributed by atoms with Crippen LogP contribution in [0.3, 0.4) is 0 Å². The van der Waals surface area contributed by atoms with E-state index in [9.17, 15) is 0 Å². The molecule has 0 spiro atoms. The first kappa shape index (κ1) is 8.86. The Kier molecular flexibility index (Phi) is 2.43. The summed E-state index contributed by atoms with van der Waals surface area (Å²) in [7, 11) is 4.25. The third kappa shape index (κ3) is 2.36. The summed E-state index contributed by atoms with van der Waals surface area (Å²) in [6, 6.07) is 0. The lowest BCUT2D eigenvalue weighted by molar-refractivity contribution is 0.520. The maximum Gasteiger partial charge on any atom is 0.0320 e. The number of hydrogen-bond donors (Lipinski definition) is 0. The zero-order valence-corrected chi connectivity index (χ0v) is 8.71. The summed E-state index contributed by atoms with van der Waals surface area (Å²) in [6.45, 7) is 0. The molecule has 0 aromatic carbocycles. The van der Waals surface area contributed by atoms with Crippen LogP contribution >= 0.6 is 0 Å². The fraction of sp³-hybridized carbons (Fsp3) is 0.667. The van der Waals surface area contributed by atoms with Crippen LogP contribution in [0.2, 0.25) is 0 Å². The molecule has 1 saturated carbocycles. The van der Waals surface area contributed by atoms with Gasteiger partial charge in [-0.15, -0.1) is 0 Å². The number of rotatable bonds is 3. The summed E-state index contributed by atoms with van der Waals surface area (Å²) in [4.78, 5) is 2.21. The Hall–Kier alpha value is -0.720. The fourth-order valence-corrected chi connectivity index (χ4v) is 1.91. The molecule has 2 aliphatic carbocycles. The summed E-state index contributed by atoms with van der Waals surface area (Å²) in [5.74, 6) is 1.03. The van der Waals surface area contributed by atoms with Crippen molar-refractivity contribution in [2.45, 2.75) is 32.1 Å². The lowest BCUT2D eigenvalue weighted by Gasteiger charge is -2.19. The Balaban J connectivity index is 1.98. The van der Waals surface area contributed by atoms with Crippen molar-refractivity contribution in [1.29, 1.82) is 0 Å². The summed E-state index contributed by atoms with van der Waals surface area (Å²) in [5.41, 5.74) is 3.08. The molecule has 0 amide bonds. The minimum absolute atomic E-state index is 1.03. The van der Waals surface area contributed by atoms with Crippen LogP contribution in [0.1, 0.15) is 32.1 Å². The molecule has 72 valence electrons. The second kappa shape index (κ2) is 3.57. The molecular formula is C12H19N. The quantitative estimate of drug-likeness (QED) is 0.640. The van der Waals surface area contributed by atoms with Gasteiger partial charge >= 0.3 is 0 Å². The van der Waals surface area contributed by atoms with Gasteiger partial charge in [-0.1, -0.05) is 11.6 Å². The molecule has 1 fully saturated rings. The maximum atomic E-state index is 2.39. The van der Waals surface area contributed by atoms with Crippen LogP contribution < -0.4 is 0 Å². The average Bonchev–Trinajstić information content (AvgIpc) is 2.89. The van der Waals surface area contributed by atoms with Gasteiger partial charge in [-0.25, -0.2) is 0 Å². The lowest BCUT2D eigenvalue weighted by atomic mass is 9.98. The minimum atomic E-state index is 1.03. The van der Waals surface area contributed by atoms with Crippen LogP contribution in [-0.2, 0) is 0 Å². The molecule has 0 heterocycles. The van der Waals surface area contributed by atoms with E-state index >= 15 is 0 Å². The van der Waals surface area contributed by atoms with E-state index in [1.54, 1.807) is 5.57 Å². The van der Waals surface area contributed by atoms with Crippen molar-refractivity contribution in [1.82, 2.24) is 4.90 Å². The van der Waals surface area contributed by atoms with Gasteiger partial charge in [-0.05, 0) is 44.1 Å². The van der Waals surface area contributed by atoms with Crippen LogP contribution in [-0.4, -0.2) is 19.0 Å². The molecule has 0 atom stereocenters. The second-order valence-electron chi connectivity index (χ2n) is 4.51. The molecule has 0 aliphatic heterocycles. The molecule has 0 bridgehead atoms. The first-order valence-corrected chi connectivity index (χ1v) is 5.32. The van der Waals surface area contributed by atoms with Gasteiger partial charge in [-0.3, -0.25) is 0 Å². The normalized spacial score (nSPS) is 22.3. The molecular weight excluding hydrogens is 158 g/mol. The van der Waals surface area contributed by atoms with Gasteiger partial charge in [0.1, 0.15) is 0 Å². The first-order chi connectivity index (χ1) is 6.25.